The number of aliphatic hydroxyl groups excluding tert-OH is 1. The molecule has 0 aromatic heterocycles. The molecule has 1 N–H and O–H groups in total. The van der Waals surface area contributed by atoms with Gasteiger partial charge in [0, 0.05) is 6.42 Å². The second kappa shape index (κ2) is 7.62. The van der Waals surface area contributed by atoms with Gasteiger partial charge in [-0.2, -0.15) is 0 Å². The summed E-state index contributed by atoms with van der Waals surface area (Å²) in [5.74, 6) is -0.0291. The summed E-state index contributed by atoms with van der Waals surface area (Å²) in [5, 5.41) is 9.10. The number of carbonyl (C=O) groups is 1. The predicted octanol–water partition coefficient (Wildman–Crippen LogP) is 2.21. The van der Waals surface area contributed by atoms with Gasteiger partial charge in [-0.1, -0.05) is 26.2 Å². The summed E-state index contributed by atoms with van der Waals surface area (Å²) in [7, 11) is 0. The van der Waals surface area contributed by atoms with Crippen molar-refractivity contribution in [2.24, 2.45) is 0 Å². The second-order valence-electron chi connectivity index (χ2n) is 2.87. The summed E-state index contributed by atoms with van der Waals surface area (Å²) < 4.78 is 0. The molecule has 1 unspecified atom stereocenters. The minimum absolute atomic E-state index is 0.0291. The summed E-state index contributed by atoms with van der Waals surface area (Å²) in [6.45, 7) is 2.14. The maximum atomic E-state index is 11.1. The van der Waals surface area contributed by atoms with Gasteiger partial charge in [0.2, 0.25) is 0 Å². The third-order valence-corrected chi connectivity index (χ3v) is 2.48. The van der Waals surface area contributed by atoms with E-state index in [-0.39, 0.29) is 5.78 Å². The van der Waals surface area contributed by atoms with Gasteiger partial charge in [-0.15, -0.1) is 11.8 Å². The fourth-order valence-corrected chi connectivity index (χ4v) is 1.36. The number of carbonyl (C=O) groups excluding carboxylic acids is 1. The Morgan fingerprint density at radius 3 is 2.58 bits per heavy atom. The maximum absolute atomic E-state index is 11.1. The predicted molar refractivity (Wildman–Crippen MR) is 53.3 cm³/mol. The van der Waals surface area contributed by atoms with Crippen molar-refractivity contribution in [3.05, 3.63) is 0 Å². The molecule has 1 atom stereocenters. The number of hydrogen-bond donors (Lipinski definition) is 1. The van der Waals surface area contributed by atoms with Crippen LogP contribution >= 0.6 is 11.8 Å². The van der Waals surface area contributed by atoms with Crippen molar-refractivity contribution in [3.8, 4) is 0 Å². The number of ketones is 1. The summed E-state index contributed by atoms with van der Waals surface area (Å²) in [5.41, 5.74) is -0.799. The Morgan fingerprint density at radius 2 is 2.08 bits per heavy atom. The maximum Gasteiger partial charge on any atom is 0.171 e. The van der Waals surface area contributed by atoms with Crippen molar-refractivity contribution >= 4 is 17.5 Å². The Labute approximate surface area is 78.7 Å². The highest BCUT2D eigenvalue weighted by molar-refractivity contribution is 7.99. The van der Waals surface area contributed by atoms with Gasteiger partial charge in [-0.05, 0) is 12.7 Å². The Morgan fingerprint density at radius 1 is 1.42 bits per heavy atom. The van der Waals surface area contributed by atoms with Gasteiger partial charge >= 0.3 is 0 Å². The molecule has 0 spiro atoms. The number of Topliss-reactive ketones (excluding diaryl/α,β-unsaturated/α-hetero) is 1. The lowest BCUT2D eigenvalue weighted by Crippen LogP contribution is -2.15. The molecular weight excluding hydrogens is 172 g/mol. The van der Waals surface area contributed by atoms with E-state index < -0.39 is 5.44 Å². The van der Waals surface area contributed by atoms with Crippen molar-refractivity contribution < 1.29 is 9.90 Å². The quantitative estimate of drug-likeness (QED) is 0.494. The summed E-state index contributed by atoms with van der Waals surface area (Å²) >= 11 is 1.20. The molecule has 0 aromatic rings. The number of thioether (sulfide) groups is 1. The van der Waals surface area contributed by atoms with Gasteiger partial charge in [0.15, 0.2) is 11.2 Å². The highest BCUT2D eigenvalue weighted by Gasteiger charge is 2.11. The monoisotopic (exact) mass is 190 g/mol. The minimum Gasteiger partial charge on any atom is -0.375 e. The van der Waals surface area contributed by atoms with E-state index in [9.17, 15) is 4.79 Å². The molecule has 0 aliphatic heterocycles. The molecule has 0 heterocycles. The zero-order chi connectivity index (χ0) is 9.40. The van der Waals surface area contributed by atoms with Crippen molar-refractivity contribution in [2.45, 2.75) is 44.5 Å². The van der Waals surface area contributed by atoms with Crippen LogP contribution in [-0.4, -0.2) is 22.6 Å². The van der Waals surface area contributed by atoms with Gasteiger partial charge in [-0.25, -0.2) is 0 Å². The first-order valence-corrected chi connectivity index (χ1v) is 5.74. The van der Waals surface area contributed by atoms with Gasteiger partial charge in [0.25, 0.3) is 0 Å². The van der Waals surface area contributed by atoms with Crippen LogP contribution in [0.15, 0.2) is 0 Å². The number of aliphatic hydroxyl groups is 1. The van der Waals surface area contributed by atoms with Crippen LogP contribution < -0.4 is 0 Å². The molecule has 0 aliphatic carbocycles. The summed E-state index contributed by atoms with van der Waals surface area (Å²) in [6.07, 6.45) is 6.66. The minimum atomic E-state index is -0.799. The van der Waals surface area contributed by atoms with Gasteiger partial charge in [0.1, 0.15) is 0 Å². The largest absolute Gasteiger partial charge is 0.375 e. The van der Waals surface area contributed by atoms with Crippen LogP contribution in [-0.2, 0) is 4.79 Å². The highest BCUT2D eigenvalue weighted by atomic mass is 32.2. The zero-order valence-electron chi connectivity index (χ0n) is 7.88. The first kappa shape index (κ1) is 12.0. The molecule has 0 fully saturated rings. The molecule has 0 saturated heterocycles. The van der Waals surface area contributed by atoms with Crippen molar-refractivity contribution in [1.29, 1.82) is 0 Å². The van der Waals surface area contributed by atoms with Crippen LogP contribution in [0, 0.1) is 0 Å². The molecule has 0 saturated carbocycles. The van der Waals surface area contributed by atoms with Gasteiger partial charge in [0.05, 0.1) is 0 Å². The van der Waals surface area contributed by atoms with E-state index in [1.807, 2.05) is 0 Å². The van der Waals surface area contributed by atoms with E-state index in [0.29, 0.717) is 6.42 Å². The smallest absolute Gasteiger partial charge is 0.171 e. The summed E-state index contributed by atoms with van der Waals surface area (Å²) in [4.78, 5) is 11.1. The van der Waals surface area contributed by atoms with Crippen molar-refractivity contribution in [1.82, 2.24) is 0 Å². The SMILES string of the molecule is CCCCCCC(=O)C(O)SC. The fourth-order valence-electron chi connectivity index (χ4n) is 0.981. The Bertz CT molecular complexity index is 126. The van der Waals surface area contributed by atoms with Crippen LogP contribution in [0.2, 0.25) is 0 Å². The molecular formula is C9H18O2S. The molecule has 0 amide bonds. The van der Waals surface area contributed by atoms with E-state index in [4.69, 9.17) is 5.11 Å². The van der Waals surface area contributed by atoms with E-state index in [1.165, 1.54) is 24.6 Å². The van der Waals surface area contributed by atoms with E-state index in [0.717, 1.165) is 12.8 Å². The van der Waals surface area contributed by atoms with Crippen molar-refractivity contribution in [3.63, 3.8) is 0 Å². The molecule has 0 bridgehead atoms. The summed E-state index contributed by atoms with van der Waals surface area (Å²) in [6, 6.07) is 0. The number of hydrogen-bond acceptors (Lipinski definition) is 3. The average molecular weight is 190 g/mol. The third-order valence-electron chi connectivity index (χ3n) is 1.78. The van der Waals surface area contributed by atoms with Crippen LogP contribution in [0.4, 0.5) is 0 Å². The highest BCUT2D eigenvalue weighted by Crippen LogP contribution is 2.09. The van der Waals surface area contributed by atoms with E-state index in [1.54, 1.807) is 6.26 Å². The van der Waals surface area contributed by atoms with Crippen LogP contribution in [0.5, 0.6) is 0 Å². The zero-order valence-corrected chi connectivity index (χ0v) is 8.69. The molecule has 0 radical (unpaired) electrons. The molecule has 0 aromatic carbocycles. The Balaban J connectivity index is 3.31. The molecule has 0 rings (SSSR count). The topological polar surface area (TPSA) is 37.3 Å². The molecule has 3 heteroatoms. The lowest BCUT2D eigenvalue weighted by atomic mass is 10.1. The van der Waals surface area contributed by atoms with Crippen LogP contribution in [0.25, 0.3) is 0 Å². The molecule has 0 aliphatic rings. The first-order chi connectivity index (χ1) is 5.72. The van der Waals surface area contributed by atoms with Crippen LogP contribution in [0.3, 0.4) is 0 Å². The van der Waals surface area contributed by atoms with E-state index >= 15 is 0 Å². The lowest BCUT2D eigenvalue weighted by molar-refractivity contribution is -0.123. The third kappa shape index (κ3) is 5.61. The molecule has 12 heavy (non-hydrogen) atoms. The molecule has 72 valence electrons. The van der Waals surface area contributed by atoms with Crippen molar-refractivity contribution in [2.75, 3.05) is 6.26 Å². The normalized spacial score (nSPS) is 12.9. The van der Waals surface area contributed by atoms with Gasteiger partial charge in [-0.3, -0.25) is 4.79 Å². The lowest BCUT2D eigenvalue weighted by Gasteiger charge is -2.04. The molecule has 2 nitrogen and oxygen atoms in total. The van der Waals surface area contributed by atoms with Crippen LogP contribution in [0.1, 0.15) is 39.0 Å². The van der Waals surface area contributed by atoms with E-state index in [2.05, 4.69) is 6.92 Å². The number of rotatable bonds is 7. The Kier molecular flexibility index (Phi) is 7.61. The average Bonchev–Trinajstić information content (AvgIpc) is 2.10. The Hall–Kier alpha value is -0.0200. The second-order valence-corrected chi connectivity index (χ2v) is 3.78. The number of unbranched alkanes of at least 4 members (excludes halogenated alkanes) is 3. The fraction of sp³-hybridized carbons (Fsp3) is 0.889. The standard InChI is InChI=1S/C9H18O2S/c1-3-4-5-6-7-8(10)9(11)12-2/h9,11H,3-7H2,1-2H3. The van der Waals surface area contributed by atoms with Gasteiger partial charge < -0.3 is 5.11 Å². The first-order valence-electron chi connectivity index (χ1n) is 4.46.